The predicted octanol–water partition coefficient (Wildman–Crippen LogP) is 7.41. The lowest BCUT2D eigenvalue weighted by Gasteiger charge is -2.28. The van der Waals surface area contributed by atoms with Gasteiger partial charge < -0.3 is 15.0 Å². The smallest absolute Gasteiger partial charge is 0.406 e. The van der Waals surface area contributed by atoms with Crippen LogP contribution in [0.2, 0.25) is 0 Å². The van der Waals surface area contributed by atoms with E-state index in [2.05, 4.69) is 38.6 Å². The van der Waals surface area contributed by atoms with Crippen LogP contribution in [0.1, 0.15) is 46.0 Å². The first-order valence-electron chi connectivity index (χ1n) is 10.6. The van der Waals surface area contributed by atoms with Crippen molar-refractivity contribution in [1.29, 1.82) is 0 Å². The van der Waals surface area contributed by atoms with E-state index < -0.39 is 6.36 Å². The minimum Gasteiger partial charge on any atom is -0.406 e. The molecule has 0 atom stereocenters. The van der Waals surface area contributed by atoms with Crippen molar-refractivity contribution in [2.75, 3.05) is 12.4 Å². The average molecular weight is 467 g/mol. The van der Waals surface area contributed by atoms with Crippen LogP contribution < -0.4 is 14.8 Å². The van der Waals surface area contributed by atoms with Crippen molar-refractivity contribution in [2.45, 2.75) is 57.2 Å². The fourth-order valence-electron chi connectivity index (χ4n) is 3.61. The Balaban J connectivity index is 0.000000305. The molecule has 4 rings (SSSR count). The van der Waals surface area contributed by atoms with E-state index in [-0.39, 0.29) is 5.75 Å². The van der Waals surface area contributed by atoms with E-state index in [0.29, 0.717) is 17.1 Å². The molecule has 0 radical (unpaired) electrons. The molecule has 0 saturated heterocycles. The highest BCUT2D eigenvalue weighted by Gasteiger charge is 2.30. The molecule has 0 unspecified atom stereocenters. The van der Waals surface area contributed by atoms with E-state index in [1.165, 1.54) is 68.3 Å². The molecule has 1 fully saturated rings. The fraction of sp³-hybridized carbons (Fsp3) is 0.435. The van der Waals surface area contributed by atoms with Gasteiger partial charge in [-0.1, -0.05) is 33.1 Å². The van der Waals surface area contributed by atoms with Gasteiger partial charge >= 0.3 is 6.36 Å². The zero-order valence-electron chi connectivity index (χ0n) is 18.5. The van der Waals surface area contributed by atoms with Crippen molar-refractivity contribution in [3.8, 4) is 5.75 Å². The molecule has 3 aromatic rings. The van der Waals surface area contributed by atoms with Gasteiger partial charge in [0, 0.05) is 10.6 Å². The molecule has 1 saturated carbocycles. The normalized spacial score (nSPS) is 15.7. The van der Waals surface area contributed by atoms with Crippen molar-refractivity contribution in [1.82, 2.24) is 14.7 Å². The Morgan fingerprint density at radius 1 is 1.03 bits per heavy atom. The van der Waals surface area contributed by atoms with E-state index in [4.69, 9.17) is 0 Å². The maximum absolute atomic E-state index is 12.1. The lowest BCUT2D eigenvalue weighted by molar-refractivity contribution is -0.274. The largest absolute Gasteiger partial charge is 0.573 e. The minimum atomic E-state index is -4.70. The Bertz CT molecular complexity index is 995. The molecule has 32 heavy (non-hydrogen) atoms. The molecule has 0 spiro atoms. The van der Waals surface area contributed by atoms with Gasteiger partial charge in [-0.2, -0.15) is 0 Å². The van der Waals surface area contributed by atoms with Crippen LogP contribution in [-0.4, -0.2) is 23.4 Å². The van der Waals surface area contributed by atoms with E-state index in [1.54, 1.807) is 0 Å². The molecule has 0 amide bonds. The topological polar surface area (TPSA) is 62.0 Å². The average Bonchev–Trinajstić information content (AvgIpc) is 3.10. The highest BCUT2D eigenvalue weighted by atomic mass is 32.2. The molecule has 1 aliphatic carbocycles. The van der Waals surface area contributed by atoms with Crippen molar-refractivity contribution >= 4 is 34.6 Å². The first-order chi connectivity index (χ1) is 15.1. The molecule has 2 aromatic carbocycles. The summed E-state index contributed by atoms with van der Waals surface area (Å²) in [4.78, 5) is 8.54. The number of halogens is 3. The first kappa shape index (κ1) is 24.3. The number of ether oxygens (including phenoxy) is 1. The third-order valence-corrected chi connectivity index (χ3v) is 5.92. The van der Waals surface area contributed by atoms with E-state index in [9.17, 15) is 13.2 Å². The van der Waals surface area contributed by atoms with Crippen LogP contribution in [0.3, 0.4) is 0 Å². The number of hydrogen-bond donors (Lipinski definition) is 3. The second-order valence-corrected chi connectivity index (χ2v) is 9.58. The summed E-state index contributed by atoms with van der Waals surface area (Å²) < 4.78 is 43.2. The standard InChI is InChI=1S/C15H13F3N4OS.C8H16/c1-19-24-11-6-7-12-13(8-11)22-14(21-12)20-9-2-4-10(5-3-9)23-15(16,17)18;1-8(2)6-4-3-5-7-8/h2-8,19H,1H3,(H2,20,21,22);3-7H2,1-2H3. The summed E-state index contributed by atoms with van der Waals surface area (Å²) in [5, 5.41) is 3.01. The van der Waals surface area contributed by atoms with Crippen LogP contribution in [0.25, 0.3) is 11.0 Å². The molecular formula is C23H29F3N4OS. The summed E-state index contributed by atoms with van der Waals surface area (Å²) in [7, 11) is 1.83. The number of fused-ring (bicyclic) bond motifs is 1. The van der Waals surface area contributed by atoms with Gasteiger partial charge in [-0.3, -0.25) is 4.72 Å². The van der Waals surface area contributed by atoms with Crippen molar-refractivity contribution < 1.29 is 17.9 Å². The van der Waals surface area contributed by atoms with Crippen LogP contribution in [0.4, 0.5) is 24.8 Å². The van der Waals surface area contributed by atoms with Gasteiger partial charge in [0.1, 0.15) is 5.75 Å². The number of anilines is 2. The summed E-state index contributed by atoms with van der Waals surface area (Å²) in [5.41, 5.74) is 2.91. The lowest BCUT2D eigenvalue weighted by Crippen LogP contribution is -2.16. The third-order valence-electron chi connectivity index (χ3n) is 5.23. The number of imidazole rings is 1. The van der Waals surface area contributed by atoms with Crippen molar-refractivity contribution in [3.05, 3.63) is 42.5 Å². The van der Waals surface area contributed by atoms with Crippen molar-refractivity contribution in [2.24, 2.45) is 5.41 Å². The highest BCUT2D eigenvalue weighted by Crippen LogP contribution is 2.34. The molecule has 3 N–H and O–H groups in total. The number of hydrogen-bond acceptors (Lipinski definition) is 5. The molecule has 9 heteroatoms. The molecule has 1 heterocycles. The number of rotatable bonds is 5. The summed E-state index contributed by atoms with van der Waals surface area (Å²) >= 11 is 1.49. The van der Waals surface area contributed by atoms with Gasteiger partial charge in [-0.25, -0.2) is 4.98 Å². The minimum absolute atomic E-state index is 0.272. The number of aromatic amines is 1. The van der Waals surface area contributed by atoms with Crippen LogP contribution in [0.15, 0.2) is 47.4 Å². The zero-order chi connectivity index (χ0) is 23.2. The van der Waals surface area contributed by atoms with Gasteiger partial charge in [-0.05, 0) is 79.7 Å². The predicted molar refractivity (Wildman–Crippen MR) is 124 cm³/mol. The van der Waals surface area contributed by atoms with E-state index in [0.717, 1.165) is 15.9 Å². The number of aromatic nitrogens is 2. The zero-order valence-corrected chi connectivity index (χ0v) is 19.3. The summed E-state index contributed by atoms with van der Waals surface area (Å²) in [6.07, 6.45) is 2.61. The number of alkyl halides is 3. The Morgan fingerprint density at radius 3 is 2.28 bits per heavy atom. The van der Waals surface area contributed by atoms with Crippen LogP contribution in [0.5, 0.6) is 5.75 Å². The van der Waals surface area contributed by atoms with Gasteiger partial charge in [0.05, 0.1) is 11.0 Å². The highest BCUT2D eigenvalue weighted by molar-refractivity contribution is 7.97. The second kappa shape index (κ2) is 10.5. The van der Waals surface area contributed by atoms with E-state index >= 15 is 0 Å². The fourth-order valence-corrected chi connectivity index (χ4v) is 4.16. The number of H-pyrrole nitrogens is 1. The summed E-state index contributed by atoms with van der Waals surface area (Å²) in [5.74, 6) is 0.229. The summed E-state index contributed by atoms with van der Waals surface area (Å²) in [6, 6.07) is 11.2. The van der Waals surface area contributed by atoms with Gasteiger partial charge in [-0.15, -0.1) is 13.2 Å². The van der Waals surface area contributed by atoms with Gasteiger partial charge in [0.25, 0.3) is 0 Å². The van der Waals surface area contributed by atoms with E-state index in [1.807, 2.05) is 25.2 Å². The molecule has 0 bridgehead atoms. The lowest BCUT2D eigenvalue weighted by atomic mass is 9.78. The number of nitrogens with zero attached hydrogens (tertiary/aromatic N) is 1. The SMILES string of the molecule is CC1(C)CCCCC1.CNSc1ccc2nc(Nc3ccc(OC(F)(F)F)cc3)[nH]c2c1. The van der Waals surface area contributed by atoms with Crippen molar-refractivity contribution in [3.63, 3.8) is 0 Å². The van der Waals surface area contributed by atoms with Crippen LogP contribution >= 0.6 is 11.9 Å². The Kier molecular flexibility index (Phi) is 7.95. The maximum atomic E-state index is 12.1. The molecular weight excluding hydrogens is 437 g/mol. The van der Waals surface area contributed by atoms with Gasteiger partial charge in [0.2, 0.25) is 5.95 Å². The summed E-state index contributed by atoms with van der Waals surface area (Å²) in [6.45, 7) is 4.76. The first-order valence-corrected chi connectivity index (χ1v) is 11.4. The quantitative estimate of drug-likeness (QED) is 0.342. The molecule has 5 nitrogen and oxygen atoms in total. The third kappa shape index (κ3) is 7.63. The van der Waals surface area contributed by atoms with Crippen LogP contribution in [-0.2, 0) is 0 Å². The molecule has 0 aliphatic heterocycles. The van der Waals surface area contributed by atoms with Gasteiger partial charge in [0.15, 0.2) is 0 Å². The Morgan fingerprint density at radius 2 is 1.72 bits per heavy atom. The number of benzene rings is 2. The number of nitrogens with one attached hydrogen (secondary N) is 3. The second-order valence-electron chi connectivity index (χ2n) is 8.49. The molecule has 1 aromatic heterocycles. The maximum Gasteiger partial charge on any atom is 0.573 e. The van der Waals surface area contributed by atoms with Crippen LogP contribution in [0, 0.1) is 5.41 Å². The Hall–Kier alpha value is -2.39. The monoisotopic (exact) mass is 466 g/mol. The Labute approximate surface area is 190 Å². The molecule has 1 aliphatic rings. The molecule has 174 valence electrons.